The zero-order chi connectivity index (χ0) is 17.3. The van der Waals surface area contributed by atoms with Gasteiger partial charge in [0.15, 0.2) is 8.32 Å². The van der Waals surface area contributed by atoms with Crippen LogP contribution in [0.4, 0.5) is 0 Å². The van der Waals surface area contributed by atoms with Crippen LogP contribution in [0.3, 0.4) is 0 Å². The molecule has 0 saturated carbocycles. The second-order valence-electron chi connectivity index (χ2n) is 9.09. The molecule has 3 heteroatoms. The first-order valence-corrected chi connectivity index (χ1v) is 11.4. The minimum absolute atomic E-state index is 0.0980. The average Bonchev–Trinajstić information content (AvgIpc) is 2.23. The van der Waals surface area contributed by atoms with Crippen molar-refractivity contribution in [1.29, 1.82) is 0 Å². The van der Waals surface area contributed by atoms with Crippen LogP contribution in [0, 0.1) is 5.41 Å². The van der Waals surface area contributed by atoms with E-state index >= 15 is 0 Å². The van der Waals surface area contributed by atoms with Crippen LogP contribution in [0.2, 0.25) is 18.1 Å². The van der Waals surface area contributed by atoms with Crippen LogP contribution in [-0.2, 0) is 4.43 Å². The molecule has 0 spiro atoms. The maximum Gasteiger partial charge on any atom is 0.192 e. The molecule has 1 N–H and O–H groups in total. The Balaban J connectivity index is 2.97. The summed E-state index contributed by atoms with van der Waals surface area (Å²) < 4.78 is 6.65. The monoisotopic (exact) mass is 324 g/mol. The first kappa shape index (κ1) is 19.7. The molecule has 0 aromatic carbocycles. The predicted octanol–water partition coefficient (Wildman–Crippen LogP) is 5.45. The van der Waals surface area contributed by atoms with E-state index < -0.39 is 14.4 Å². The van der Waals surface area contributed by atoms with Crippen molar-refractivity contribution in [2.45, 2.75) is 91.6 Å². The van der Waals surface area contributed by atoms with Gasteiger partial charge in [-0.05, 0) is 55.8 Å². The van der Waals surface area contributed by atoms with E-state index in [9.17, 15) is 5.11 Å². The fourth-order valence-corrected chi connectivity index (χ4v) is 4.41. The van der Waals surface area contributed by atoms with Crippen molar-refractivity contribution in [1.82, 2.24) is 0 Å². The van der Waals surface area contributed by atoms with Gasteiger partial charge in [-0.25, -0.2) is 0 Å². The summed E-state index contributed by atoms with van der Waals surface area (Å²) in [5.74, 6) is 0. The van der Waals surface area contributed by atoms with Crippen molar-refractivity contribution in [3.8, 4) is 0 Å². The van der Waals surface area contributed by atoms with Gasteiger partial charge in [0, 0.05) is 6.10 Å². The molecule has 0 fully saturated rings. The maximum absolute atomic E-state index is 9.51. The van der Waals surface area contributed by atoms with Gasteiger partial charge in [-0.3, -0.25) is 0 Å². The molecule has 0 aliphatic heterocycles. The third kappa shape index (κ3) is 4.80. The number of hydrogen-bond acceptors (Lipinski definition) is 2. The number of rotatable bonds is 4. The Hall–Kier alpha value is -0.383. The quantitative estimate of drug-likeness (QED) is 0.697. The van der Waals surface area contributed by atoms with Gasteiger partial charge in [0.1, 0.15) is 0 Å². The highest BCUT2D eigenvalue weighted by Crippen LogP contribution is 2.45. The molecule has 2 atom stereocenters. The number of aliphatic hydroxyl groups excluding tert-OH is 1. The molecule has 0 amide bonds. The molecule has 22 heavy (non-hydrogen) atoms. The molecule has 0 saturated heterocycles. The predicted molar refractivity (Wildman–Crippen MR) is 98.6 cm³/mol. The lowest BCUT2D eigenvalue weighted by Crippen LogP contribution is -2.46. The molecule has 0 heterocycles. The Labute approximate surface area is 138 Å². The summed E-state index contributed by atoms with van der Waals surface area (Å²) in [7, 11) is -1.72. The summed E-state index contributed by atoms with van der Waals surface area (Å²) >= 11 is 0. The minimum Gasteiger partial charge on any atom is -0.414 e. The summed E-state index contributed by atoms with van der Waals surface area (Å²) in [5.41, 5.74) is 2.86. The van der Waals surface area contributed by atoms with Crippen LogP contribution in [-0.4, -0.2) is 25.6 Å². The highest BCUT2D eigenvalue weighted by Gasteiger charge is 2.42. The van der Waals surface area contributed by atoms with Crippen molar-refractivity contribution in [2.75, 3.05) is 0 Å². The molecule has 1 aliphatic carbocycles. The lowest BCUT2D eigenvalue weighted by Gasteiger charge is -2.44. The number of allylic oxidation sites excluding steroid dienone is 2. The topological polar surface area (TPSA) is 29.5 Å². The van der Waals surface area contributed by atoms with Gasteiger partial charge in [0.05, 0.1) is 6.10 Å². The smallest absolute Gasteiger partial charge is 0.192 e. The lowest BCUT2D eigenvalue weighted by molar-refractivity contribution is 0.124. The SMILES string of the molecule is CC1=C(/C=C/C(C)O)C(C)(C)CC(O[Si](C)(C)C(C)(C)C)C1. The van der Waals surface area contributed by atoms with E-state index in [1.165, 1.54) is 11.1 Å². The molecule has 0 radical (unpaired) electrons. The lowest BCUT2D eigenvalue weighted by atomic mass is 9.71. The third-order valence-corrected chi connectivity index (χ3v) is 9.80. The summed E-state index contributed by atoms with van der Waals surface area (Å²) in [6, 6.07) is 0. The second kappa shape index (κ2) is 6.62. The minimum atomic E-state index is -1.72. The largest absolute Gasteiger partial charge is 0.414 e. The van der Waals surface area contributed by atoms with E-state index in [2.05, 4.69) is 60.7 Å². The van der Waals surface area contributed by atoms with Crippen LogP contribution in [0.1, 0.15) is 61.3 Å². The van der Waals surface area contributed by atoms with E-state index in [-0.39, 0.29) is 10.5 Å². The highest BCUT2D eigenvalue weighted by atomic mass is 28.4. The van der Waals surface area contributed by atoms with Gasteiger partial charge in [0.25, 0.3) is 0 Å². The van der Waals surface area contributed by atoms with Crippen LogP contribution < -0.4 is 0 Å². The fraction of sp³-hybridized carbons (Fsp3) is 0.789. The Bertz CT molecular complexity index is 451. The van der Waals surface area contributed by atoms with Crippen molar-refractivity contribution >= 4 is 8.32 Å². The first-order valence-electron chi connectivity index (χ1n) is 8.50. The summed E-state index contributed by atoms with van der Waals surface area (Å²) in [4.78, 5) is 0. The second-order valence-corrected chi connectivity index (χ2v) is 13.8. The Morgan fingerprint density at radius 2 is 1.86 bits per heavy atom. The maximum atomic E-state index is 9.51. The van der Waals surface area contributed by atoms with Crippen molar-refractivity contribution in [3.05, 3.63) is 23.3 Å². The van der Waals surface area contributed by atoms with Crippen LogP contribution in [0.25, 0.3) is 0 Å². The number of aliphatic hydroxyl groups is 1. The molecule has 1 aliphatic rings. The van der Waals surface area contributed by atoms with Crippen molar-refractivity contribution in [2.24, 2.45) is 5.41 Å². The first-order chi connectivity index (χ1) is 9.76. The molecular weight excluding hydrogens is 288 g/mol. The molecule has 2 unspecified atom stereocenters. The average molecular weight is 325 g/mol. The zero-order valence-corrected chi connectivity index (χ0v) is 17.1. The van der Waals surface area contributed by atoms with Gasteiger partial charge < -0.3 is 9.53 Å². The van der Waals surface area contributed by atoms with E-state index in [0.29, 0.717) is 6.10 Å². The highest BCUT2D eigenvalue weighted by molar-refractivity contribution is 6.74. The van der Waals surface area contributed by atoms with Gasteiger partial charge in [-0.2, -0.15) is 0 Å². The van der Waals surface area contributed by atoms with E-state index in [4.69, 9.17) is 4.43 Å². The Morgan fingerprint density at radius 3 is 2.27 bits per heavy atom. The molecular formula is C19H36O2Si. The van der Waals surface area contributed by atoms with Gasteiger partial charge in [-0.1, -0.05) is 52.3 Å². The Morgan fingerprint density at radius 1 is 1.32 bits per heavy atom. The van der Waals surface area contributed by atoms with E-state index in [0.717, 1.165) is 12.8 Å². The normalized spacial score (nSPS) is 24.9. The van der Waals surface area contributed by atoms with Gasteiger partial charge in [0.2, 0.25) is 0 Å². The molecule has 2 nitrogen and oxygen atoms in total. The van der Waals surface area contributed by atoms with E-state index in [1.807, 2.05) is 6.08 Å². The number of hydrogen-bond donors (Lipinski definition) is 1. The van der Waals surface area contributed by atoms with Crippen molar-refractivity contribution < 1.29 is 9.53 Å². The fourth-order valence-electron chi connectivity index (χ4n) is 3.06. The van der Waals surface area contributed by atoms with E-state index in [1.54, 1.807) is 6.92 Å². The zero-order valence-electron chi connectivity index (χ0n) is 16.1. The molecule has 128 valence electrons. The molecule has 0 aromatic heterocycles. The molecule has 0 bridgehead atoms. The van der Waals surface area contributed by atoms with Crippen molar-refractivity contribution in [3.63, 3.8) is 0 Å². The third-order valence-electron chi connectivity index (χ3n) is 5.27. The molecule has 1 rings (SSSR count). The summed E-state index contributed by atoms with van der Waals surface area (Å²) in [6.45, 7) is 20.2. The molecule has 0 aromatic rings. The van der Waals surface area contributed by atoms with Gasteiger partial charge in [-0.15, -0.1) is 0 Å². The van der Waals surface area contributed by atoms with Crippen LogP contribution >= 0.6 is 0 Å². The van der Waals surface area contributed by atoms with Crippen LogP contribution in [0.5, 0.6) is 0 Å². The summed E-state index contributed by atoms with van der Waals surface area (Å²) in [6.07, 6.45) is 5.99. The van der Waals surface area contributed by atoms with Gasteiger partial charge >= 0.3 is 0 Å². The standard InChI is InChI=1S/C19H36O2Si/c1-14-12-16(21-22(8,9)18(3,4)5)13-19(6,7)17(14)11-10-15(2)20/h10-11,15-16,20H,12-13H2,1-9H3/b11-10+. The Kier molecular flexibility index (Phi) is 5.92. The van der Waals surface area contributed by atoms with Crippen LogP contribution in [0.15, 0.2) is 23.3 Å². The summed E-state index contributed by atoms with van der Waals surface area (Å²) in [5, 5.41) is 9.76.